The molecule has 2 heterocycles. The minimum atomic E-state index is -0.0161. The number of nitrogens with zero attached hydrogens (tertiary/aromatic N) is 2. The number of hydrogen-bond donors (Lipinski definition) is 1. The third kappa shape index (κ3) is 3.23. The zero-order valence-corrected chi connectivity index (χ0v) is 13.8. The maximum Gasteiger partial charge on any atom is 0.251 e. The first-order valence-electron chi connectivity index (χ1n) is 7.71. The van der Waals surface area contributed by atoms with Crippen LogP contribution in [0.15, 0.2) is 18.2 Å². The fourth-order valence-corrected chi connectivity index (χ4v) is 3.41. The molecule has 118 valence electrons. The average Bonchev–Trinajstić information content (AvgIpc) is 2.98. The van der Waals surface area contributed by atoms with Crippen LogP contribution in [0.25, 0.3) is 10.2 Å². The lowest BCUT2D eigenvalue weighted by Crippen LogP contribution is -2.36. The second kappa shape index (κ2) is 6.62. The Kier molecular flexibility index (Phi) is 4.59. The number of ether oxygens (including phenoxy) is 1. The number of amides is 1. The van der Waals surface area contributed by atoms with Gasteiger partial charge < -0.3 is 15.0 Å². The van der Waals surface area contributed by atoms with Gasteiger partial charge >= 0.3 is 0 Å². The largest absolute Gasteiger partial charge is 0.378 e. The molecule has 6 heteroatoms. The summed E-state index contributed by atoms with van der Waals surface area (Å²) in [5, 5.41) is 4.01. The van der Waals surface area contributed by atoms with Crippen molar-refractivity contribution in [3.8, 4) is 0 Å². The quantitative estimate of drug-likeness (QED) is 0.941. The molecule has 3 rings (SSSR count). The van der Waals surface area contributed by atoms with Crippen LogP contribution in [0.1, 0.15) is 30.6 Å². The Hall–Kier alpha value is -1.66. The Morgan fingerprint density at radius 3 is 2.95 bits per heavy atom. The summed E-state index contributed by atoms with van der Waals surface area (Å²) in [4.78, 5) is 19.1. The van der Waals surface area contributed by atoms with E-state index in [4.69, 9.17) is 4.74 Å². The van der Waals surface area contributed by atoms with E-state index in [1.54, 1.807) is 11.3 Å². The van der Waals surface area contributed by atoms with Crippen molar-refractivity contribution in [3.63, 3.8) is 0 Å². The van der Waals surface area contributed by atoms with Crippen molar-refractivity contribution in [2.24, 2.45) is 0 Å². The highest BCUT2D eigenvalue weighted by Crippen LogP contribution is 2.30. The number of fused-ring (bicyclic) bond motifs is 1. The van der Waals surface area contributed by atoms with Crippen LogP contribution in [0.5, 0.6) is 0 Å². The standard InChI is InChI=1S/C16H21N3O2S/c1-3-11(2)17-15(20)12-4-5-13-14(10-12)22-16(18-13)19-6-8-21-9-7-19/h4-5,10-11H,3,6-9H2,1-2H3,(H,17,20). The Bertz CT molecular complexity index is 664. The van der Waals surface area contributed by atoms with Crippen molar-refractivity contribution in [3.05, 3.63) is 23.8 Å². The highest BCUT2D eigenvalue weighted by atomic mass is 32.1. The molecule has 0 saturated carbocycles. The number of carbonyl (C=O) groups is 1. The number of morpholine rings is 1. The molecule has 1 aromatic carbocycles. The Labute approximate surface area is 134 Å². The van der Waals surface area contributed by atoms with Gasteiger partial charge in [-0.3, -0.25) is 4.79 Å². The molecule has 2 aromatic rings. The predicted molar refractivity (Wildman–Crippen MR) is 89.9 cm³/mol. The van der Waals surface area contributed by atoms with Crippen LogP contribution in [0.4, 0.5) is 5.13 Å². The lowest BCUT2D eigenvalue weighted by atomic mass is 10.2. The summed E-state index contributed by atoms with van der Waals surface area (Å²) in [7, 11) is 0. The molecular weight excluding hydrogens is 298 g/mol. The highest BCUT2D eigenvalue weighted by Gasteiger charge is 2.16. The van der Waals surface area contributed by atoms with Crippen LogP contribution in [0, 0.1) is 0 Å². The van der Waals surface area contributed by atoms with E-state index in [0.29, 0.717) is 5.56 Å². The number of hydrogen-bond acceptors (Lipinski definition) is 5. The molecule has 1 atom stereocenters. The van der Waals surface area contributed by atoms with Gasteiger partial charge in [0.2, 0.25) is 0 Å². The number of rotatable bonds is 4. The number of thiazole rings is 1. The molecule has 1 aliphatic heterocycles. The van der Waals surface area contributed by atoms with Crippen molar-refractivity contribution in [1.29, 1.82) is 0 Å². The zero-order valence-electron chi connectivity index (χ0n) is 13.0. The Balaban J connectivity index is 1.82. The van der Waals surface area contributed by atoms with E-state index in [1.165, 1.54) is 0 Å². The molecule has 22 heavy (non-hydrogen) atoms. The van der Waals surface area contributed by atoms with Crippen LogP contribution in [-0.4, -0.2) is 43.2 Å². The van der Waals surface area contributed by atoms with Crippen molar-refractivity contribution < 1.29 is 9.53 Å². The molecule has 1 saturated heterocycles. The number of carbonyl (C=O) groups excluding carboxylic acids is 1. The van der Waals surface area contributed by atoms with Gasteiger partial charge in [0.15, 0.2) is 5.13 Å². The number of nitrogens with one attached hydrogen (secondary N) is 1. The molecule has 0 spiro atoms. The van der Waals surface area contributed by atoms with Gasteiger partial charge in [-0.1, -0.05) is 18.3 Å². The number of aromatic nitrogens is 1. The summed E-state index contributed by atoms with van der Waals surface area (Å²) in [5.41, 5.74) is 1.65. The fourth-order valence-electron chi connectivity index (χ4n) is 2.35. The first kappa shape index (κ1) is 15.2. The molecule has 0 bridgehead atoms. The van der Waals surface area contributed by atoms with Gasteiger partial charge in [0.25, 0.3) is 5.91 Å². The van der Waals surface area contributed by atoms with Gasteiger partial charge in [0.05, 0.1) is 23.4 Å². The SMILES string of the molecule is CCC(C)NC(=O)c1ccc2nc(N3CCOCC3)sc2c1. The molecular formula is C16H21N3O2S. The summed E-state index contributed by atoms with van der Waals surface area (Å²) in [5.74, 6) is -0.0161. The van der Waals surface area contributed by atoms with E-state index in [1.807, 2.05) is 25.1 Å². The second-order valence-corrected chi connectivity index (χ2v) is 6.57. The maximum absolute atomic E-state index is 12.2. The van der Waals surface area contributed by atoms with Gasteiger partial charge in [-0.25, -0.2) is 4.98 Å². The molecule has 1 aliphatic rings. The Morgan fingerprint density at radius 2 is 2.23 bits per heavy atom. The van der Waals surface area contributed by atoms with Crippen molar-refractivity contribution >= 4 is 32.6 Å². The van der Waals surface area contributed by atoms with E-state index in [0.717, 1.165) is 48.1 Å². The summed E-state index contributed by atoms with van der Waals surface area (Å²) in [6, 6.07) is 5.91. The topological polar surface area (TPSA) is 54.5 Å². The first-order chi connectivity index (χ1) is 10.7. The maximum atomic E-state index is 12.2. The van der Waals surface area contributed by atoms with Crippen LogP contribution in [-0.2, 0) is 4.74 Å². The smallest absolute Gasteiger partial charge is 0.251 e. The number of benzene rings is 1. The van der Waals surface area contributed by atoms with E-state index >= 15 is 0 Å². The van der Waals surface area contributed by atoms with Crippen molar-refractivity contribution in [2.45, 2.75) is 26.3 Å². The Morgan fingerprint density at radius 1 is 1.45 bits per heavy atom. The van der Waals surface area contributed by atoms with E-state index in [9.17, 15) is 4.79 Å². The molecule has 1 aromatic heterocycles. The van der Waals surface area contributed by atoms with E-state index < -0.39 is 0 Å². The average molecular weight is 319 g/mol. The number of anilines is 1. The fraction of sp³-hybridized carbons (Fsp3) is 0.500. The monoisotopic (exact) mass is 319 g/mol. The van der Waals surface area contributed by atoms with Gasteiger partial charge in [-0.15, -0.1) is 0 Å². The predicted octanol–water partition coefficient (Wildman–Crippen LogP) is 2.66. The van der Waals surface area contributed by atoms with Crippen molar-refractivity contribution in [2.75, 3.05) is 31.2 Å². The van der Waals surface area contributed by atoms with Crippen LogP contribution < -0.4 is 10.2 Å². The minimum absolute atomic E-state index is 0.0161. The van der Waals surface area contributed by atoms with Gasteiger partial charge in [0, 0.05) is 24.7 Å². The summed E-state index contributed by atoms with van der Waals surface area (Å²) < 4.78 is 6.43. The first-order valence-corrected chi connectivity index (χ1v) is 8.53. The third-order valence-corrected chi connectivity index (χ3v) is 4.99. The molecule has 1 N–H and O–H groups in total. The van der Waals surface area contributed by atoms with Crippen LogP contribution in [0.3, 0.4) is 0 Å². The highest BCUT2D eigenvalue weighted by molar-refractivity contribution is 7.22. The van der Waals surface area contributed by atoms with Crippen LogP contribution in [0.2, 0.25) is 0 Å². The molecule has 1 unspecified atom stereocenters. The van der Waals surface area contributed by atoms with Gasteiger partial charge in [-0.2, -0.15) is 0 Å². The molecule has 5 nitrogen and oxygen atoms in total. The van der Waals surface area contributed by atoms with Gasteiger partial charge in [-0.05, 0) is 31.5 Å². The van der Waals surface area contributed by atoms with E-state index in [-0.39, 0.29) is 11.9 Å². The zero-order chi connectivity index (χ0) is 15.5. The summed E-state index contributed by atoms with van der Waals surface area (Å²) in [6.45, 7) is 7.32. The minimum Gasteiger partial charge on any atom is -0.378 e. The van der Waals surface area contributed by atoms with Crippen LogP contribution >= 0.6 is 11.3 Å². The summed E-state index contributed by atoms with van der Waals surface area (Å²) >= 11 is 1.64. The lowest BCUT2D eigenvalue weighted by Gasteiger charge is -2.25. The summed E-state index contributed by atoms with van der Waals surface area (Å²) in [6.07, 6.45) is 0.926. The third-order valence-electron chi connectivity index (χ3n) is 3.91. The molecule has 0 radical (unpaired) electrons. The lowest BCUT2D eigenvalue weighted by molar-refractivity contribution is 0.0939. The molecule has 1 amide bonds. The normalized spacial score (nSPS) is 16.7. The van der Waals surface area contributed by atoms with E-state index in [2.05, 4.69) is 22.1 Å². The molecule has 1 fully saturated rings. The molecule has 0 aliphatic carbocycles. The second-order valence-electron chi connectivity index (χ2n) is 5.56. The van der Waals surface area contributed by atoms with Crippen molar-refractivity contribution in [1.82, 2.24) is 10.3 Å². The van der Waals surface area contributed by atoms with Gasteiger partial charge in [0.1, 0.15) is 0 Å².